The fraction of sp³-hybridized carbons (Fsp3) is 0.120. The summed E-state index contributed by atoms with van der Waals surface area (Å²) >= 11 is 6.31. The average molecular weight is 434 g/mol. The van der Waals surface area contributed by atoms with E-state index in [0.717, 1.165) is 5.56 Å². The summed E-state index contributed by atoms with van der Waals surface area (Å²) in [5.41, 5.74) is 2.33. The minimum Gasteiger partial charge on any atom is -0.507 e. The molecule has 5 nitrogen and oxygen atoms in total. The Hall–Kier alpha value is -3.57. The van der Waals surface area contributed by atoms with Crippen molar-refractivity contribution in [1.29, 1.82) is 0 Å². The monoisotopic (exact) mass is 433 g/mol. The molecule has 0 bridgehead atoms. The number of carbonyl (C=O) groups is 2. The first-order valence-corrected chi connectivity index (χ1v) is 10.1. The number of benzene rings is 3. The van der Waals surface area contributed by atoms with E-state index >= 15 is 0 Å². The highest BCUT2D eigenvalue weighted by molar-refractivity contribution is 6.52. The van der Waals surface area contributed by atoms with Crippen LogP contribution in [0.4, 0.5) is 5.69 Å². The molecule has 6 heteroatoms. The van der Waals surface area contributed by atoms with E-state index < -0.39 is 17.7 Å². The van der Waals surface area contributed by atoms with Gasteiger partial charge in [0.15, 0.2) is 0 Å². The number of aliphatic hydroxyl groups excluding tert-OH is 1. The quantitative estimate of drug-likeness (QED) is 0.345. The van der Waals surface area contributed by atoms with Crippen LogP contribution < -0.4 is 9.64 Å². The van der Waals surface area contributed by atoms with Crippen molar-refractivity contribution in [2.24, 2.45) is 0 Å². The average Bonchev–Trinajstić information content (AvgIpc) is 3.06. The van der Waals surface area contributed by atoms with Gasteiger partial charge in [-0.2, -0.15) is 0 Å². The lowest BCUT2D eigenvalue weighted by Crippen LogP contribution is -2.29. The van der Waals surface area contributed by atoms with Crippen LogP contribution in [0.1, 0.15) is 22.7 Å². The number of anilines is 1. The molecule has 1 amide bonds. The molecule has 4 rings (SSSR count). The van der Waals surface area contributed by atoms with Crippen LogP contribution in [-0.4, -0.2) is 23.9 Å². The highest BCUT2D eigenvalue weighted by atomic mass is 35.5. The number of ether oxygens (including phenoxy) is 1. The summed E-state index contributed by atoms with van der Waals surface area (Å²) in [7, 11) is 1.52. The highest BCUT2D eigenvalue weighted by Gasteiger charge is 2.48. The molecular formula is C25H20ClNO4. The number of aryl methyl sites for hydroxylation is 1. The van der Waals surface area contributed by atoms with Gasteiger partial charge in [0.2, 0.25) is 0 Å². The Kier molecular flexibility index (Phi) is 5.53. The van der Waals surface area contributed by atoms with Crippen molar-refractivity contribution in [1.82, 2.24) is 0 Å². The molecule has 0 aliphatic carbocycles. The first kappa shape index (κ1) is 20.7. The van der Waals surface area contributed by atoms with Crippen molar-refractivity contribution in [2.45, 2.75) is 13.0 Å². The zero-order valence-corrected chi connectivity index (χ0v) is 17.8. The number of halogens is 1. The molecule has 1 unspecified atom stereocenters. The molecule has 3 aromatic rings. The number of methoxy groups -OCH3 is 1. The van der Waals surface area contributed by atoms with E-state index in [4.69, 9.17) is 16.3 Å². The number of carbonyl (C=O) groups excluding carboxylic acids is 2. The molecule has 1 heterocycles. The third-order valence-electron chi connectivity index (χ3n) is 5.36. The number of hydrogen-bond acceptors (Lipinski definition) is 4. The Morgan fingerprint density at radius 3 is 2.35 bits per heavy atom. The topological polar surface area (TPSA) is 66.8 Å². The Morgan fingerprint density at radius 2 is 1.68 bits per heavy atom. The number of amides is 1. The van der Waals surface area contributed by atoms with Gasteiger partial charge in [0.1, 0.15) is 11.5 Å². The van der Waals surface area contributed by atoms with Gasteiger partial charge in [-0.15, -0.1) is 0 Å². The van der Waals surface area contributed by atoms with Gasteiger partial charge in [0.05, 0.1) is 18.7 Å². The number of hydrogen-bond donors (Lipinski definition) is 1. The number of ketones is 1. The molecule has 1 saturated heterocycles. The second-order valence-electron chi connectivity index (χ2n) is 7.21. The number of rotatable bonds is 4. The summed E-state index contributed by atoms with van der Waals surface area (Å²) in [5, 5.41) is 11.6. The van der Waals surface area contributed by atoms with E-state index in [-0.39, 0.29) is 11.3 Å². The molecule has 1 aliphatic rings. The lowest BCUT2D eigenvalue weighted by Gasteiger charge is -2.27. The summed E-state index contributed by atoms with van der Waals surface area (Å²) in [4.78, 5) is 27.7. The van der Waals surface area contributed by atoms with Crippen LogP contribution in [0, 0.1) is 6.92 Å². The molecule has 0 spiro atoms. The Morgan fingerprint density at radius 1 is 1.00 bits per heavy atom. The number of aliphatic hydroxyl groups is 1. The smallest absolute Gasteiger partial charge is 0.300 e. The molecule has 0 saturated carbocycles. The maximum atomic E-state index is 13.2. The molecule has 0 aromatic heterocycles. The summed E-state index contributed by atoms with van der Waals surface area (Å²) in [6.07, 6.45) is 0. The molecule has 1 N–H and O–H groups in total. The van der Waals surface area contributed by atoms with Crippen LogP contribution in [-0.2, 0) is 9.59 Å². The largest absolute Gasteiger partial charge is 0.507 e. The van der Waals surface area contributed by atoms with E-state index in [2.05, 4.69) is 0 Å². The molecular weight excluding hydrogens is 414 g/mol. The first-order valence-electron chi connectivity index (χ1n) is 9.69. The minimum absolute atomic E-state index is 0.00241. The minimum atomic E-state index is -0.880. The van der Waals surface area contributed by atoms with Gasteiger partial charge in [-0.1, -0.05) is 66.2 Å². The molecule has 156 valence electrons. The Balaban J connectivity index is 2.00. The van der Waals surface area contributed by atoms with Crippen molar-refractivity contribution in [2.75, 3.05) is 12.0 Å². The molecule has 1 atom stereocenters. The summed E-state index contributed by atoms with van der Waals surface area (Å²) in [5.74, 6) is -1.26. The van der Waals surface area contributed by atoms with Gasteiger partial charge in [-0.05, 0) is 30.7 Å². The van der Waals surface area contributed by atoms with Gasteiger partial charge in [0, 0.05) is 21.8 Å². The SMILES string of the molecule is COc1ccccc1C1C(=C(O)c2ccccc2)C(=O)C(=O)N1c1ccc(C)c(Cl)c1. The standard InChI is InChI=1S/C25H20ClNO4/c1-15-12-13-17(14-19(15)26)27-22(18-10-6-7-11-20(18)31-2)21(24(29)25(27)30)23(28)16-8-4-3-5-9-16/h3-14,22,28H,1-2H3. The third-order valence-corrected chi connectivity index (χ3v) is 5.77. The zero-order chi connectivity index (χ0) is 22.1. The summed E-state index contributed by atoms with van der Waals surface area (Å²) < 4.78 is 5.51. The maximum absolute atomic E-state index is 13.2. The van der Waals surface area contributed by atoms with E-state index in [9.17, 15) is 14.7 Å². The van der Waals surface area contributed by atoms with Crippen molar-refractivity contribution in [3.05, 3.63) is 100 Å². The summed E-state index contributed by atoms with van der Waals surface area (Å²) in [6, 6.07) is 20.1. The molecule has 1 aliphatic heterocycles. The van der Waals surface area contributed by atoms with Gasteiger partial charge in [0.25, 0.3) is 11.7 Å². The van der Waals surface area contributed by atoms with Crippen molar-refractivity contribution >= 4 is 34.7 Å². The van der Waals surface area contributed by atoms with E-state index in [1.807, 2.05) is 6.92 Å². The van der Waals surface area contributed by atoms with E-state index in [1.54, 1.807) is 72.8 Å². The second-order valence-corrected chi connectivity index (χ2v) is 7.62. The fourth-order valence-corrected chi connectivity index (χ4v) is 3.94. The Labute approximate surface area is 185 Å². The number of para-hydroxylation sites is 1. The van der Waals surface area contributed by atoms with Crippen LogP contribution in [0.3, 0.4) is 0 Å². The molecule has 31 heavy (non-hydrogen) atoms. The predicted octanol–water partition coefficient (Wildman–Crippen LogP) is 5.28. The Bertz CT molecular complexity index is 1200. The van der Waals surface area contributed by atoms with Gasteiger partial charge >= 0.3 is 0 Å². The van der Waals surface area contributed by atoms with Crippen LogP contribution in [0.15, 0.2) is 78.4 Å². The van der Waals surface area contributed by atoms with Crippen LogP contribution >= 0.6 is 11.6 Å². The number of Topliss-reactive ketones (excluding diaryl/α,β-unsaturated/α-hetero) is 1. The van der Waals surface area contributed by atoms with Crippen molar-refractivity contribution in [3.8, 4) is 5.75 Å². The van der Waals surface area contributed by atoms with Crippen LogP contribution in [0.5, 0.6) is 5.75 Å². The fourth-order valence-electron chi connectivity index (χ4n) is 3.77. The molecule has 3 aromatic carbocycles. The normalized spacial score (nSPS) is 17.8. The van der Waals surface area contributed by atoms with E-state index in [0.29, 0.717) is 27.6 Å². The van der Waals surface area contributed by atoms with Crippen molar-refractivity contribution < 1.29 is 19.4 Å². The zero-order valence-electron chi connectivity index (χ0n) is 17.0. The summed E-state index contributed by atoms with van der Waals surface area (Å²) in [6.45, 7) is 1.85. The third kappa shape index (κ3) is 3.57. The molecule has 1 fully saturated rings. The first-order chi connectivity index (χ1) is 14.9. The second kappa shape index (κ2) is 8.28. The predicted molar refractivity (Wildman–Crippen MR) is 120 cm³/mol. The van der Waals surface area contributed by atoms with E-state index in [1.165, 1.54) is 12.0 Å². The van der Waals surface area contributed by atoms with Crippen molar-refractivity contribution in [3.63, 3.8) is 0 Å². The van der Waals surface area contributed by atoms with Crippen LogP contribution in [0.25, 0.3) is 5.76 Å². The highest BCUT2D eigenvalue weighted by Crippen LogP contribution is 2.45. The number of nitrogens with zero attached hydrogens (tertiary/aromatic N) is 1. The molecule has 0 radical (unpaired) electrons. The van der Waals surface area contributed by atoms with Gasteiger partial charge in [-0.3, -0.25) is 14.5 Å². The van der Waals surface area contributed by atoms with Gasteiger partial charge < -0.3 is 9.84 Å². The van der Waals surface area contributed by atoms with Gasteiger partial charge in [-0.25, -0.2) is 0 Å². The lowest BCUT2D eigenvalue weighted by atomic mass is 9.94. The van der Waals surface area contributed by atoms with Crippen LogP contribution in [0.2, 0.25) is 5.02 Å². The lowest BCUT2D eigenvalue weighted by molar-refractivity contribution is -0.132. The maximum Gasteiger partial charge on any atom is 0.300 e.